The monoisotopic (exact) mass is 361 g/mol. The second-order valence-electron chi connectivity index (χ2n) is 4.64. The molecule has 18 heavy (non-hydrogen) atoms. The normalized spacial score (nSPS) is 23.7. The Balaban J connectivity index is 2.15. The Labute approximate surface area is 120 Å². The molecule has 5 nitrogen and oxygen atoms in total. The van der Waals surface area contributed by atoms with Gasteiger partial charge in [-0.1, -0.05) is 0 Å². The molecular formula is C12H16IN3O2. The minimum absolute atomic E-state index is 0.160. The maximum absolute atomic E-state index is 11.0. The van der Waals surface area contributed by atoms with E-state index < -0.39 is 0 Å². The first-order valence-electron chi connectivity index (χ1n) is 6.00. The highest BCUT2D eigenvalue weighted by Crippen LogP contribution is 2.28. The Bertz CT molecular complexity index is 453. The quantitative estimate of drug-likeness (QED) is 0.494. The van der Waals surface area contributed by atoms with Crippen LogP contribution in [-0.4, -0.2) is 23.6 Å². The summed E-state index contributed by atoms with van der Waals surface area (Å²) in [6.07, 6.45) is 1.98. The molecule has 2 rings (SSSR count). The number of nitrogens with one attached hydrogen (secondary N) is 2. The van der Waals surface area contributed by atoms with Crippen LogP contribution in [-0.2, 0) is 0 Å². The predicted octanol–water partition coefficient (Wildman–Crippen LogP) is 2.75. The number of anilines is 1. The summed E-state index contributed by atoms with van der Waals surface area (Å²) >= 11 is 2.09. The molecule has 0 spiro atoms. The molecule has 6 heteroatoms. The van der Waals surface area contributed by atoms with Crippen molar-refractivity contribution in [3.05, 3.63) is 31.9 Å². The molecule has 0 aliphatic carbocycles. The van der Waals surface area contributed by atoms with Gasteiger partial charge in [-0.3, -0.25) is 10.1 Å². The lowest BCUT2D eigenvalue weighted by molar-refractivity contribution is -0.384. The summed E-state index contributed by atoms with van der Waals surface area (Å²) in [5, 5.41) is 17.7. The summed E-state index contributed by atoms with van der Waals surface area (Å²) < 4.78 is 0.878. The van der Waals surface area contributed by atoms with Crippen LogP contribution in [0.15, 0.2) is 18.2 Å². The van der Waals surface area contributed by atoms with Crippen LogP contribution in [0.5, 0.6) is 0 Å². The van der Waals surface area contributed by atoms with Crippen LogP contribution < -0.4 is 10.6 Å². The molecule has 1 aliphatic rings. The Morgan fingerprint density at radius 2 is 2.33 bits per heavy atom. The van der Waals surface area contributed by atoms with Crippen molar-refractivity contribution in [1.29, 1.82) is 0 Å². The third-order valence-electron chi connectivity index (χ3n) is 3.14. The zero-order chi connectivity index (χ0) is 13.1. The molecule has 2 N–H and O–H groups in total. The molecule has 0 radical (unpaired) electrons. The summed E-state index contributed by atoms with van der Waals surface area (Å²) in [7, 11) is 0. The molecule has 2 atom stereocenters. The zero-order valence-electron chi connectivity index (χ0n) is 10.1. The van der Waals surface area contributed by atoms with Crippen LogP contribution in [0.2, 0.25) is 0 Å². The fourth-order valence-corrected chi connectivity index (χ4v) is 2.74. The molecule has 1 aliphatic heterocycles. The first-order valence-corrected chi connectivity index (χ1v) is 7.08. The van der Waals surface area contributed by atoms with Gasteiger partial charge in [0.1, 0.15) is 5.69 Å². The van der Waals surface area contributed by atoms with E-state index in [2.05, 4.69) is 40.1 Å². The third kappa shape index (κ3) is 3.32. The number of hydrogen-bond acceptors (Lipinski definition) is 4. The van der Waals surface area contributed by atoms with E-state index in [1.54, 1.807) is 12.1 Å². The molecule has 0 saturated carbocycles. The second kappa shape index (κ2) is 5.83. The van der Waals surface area contributed by atoms with Crippen molar-refractivity contribution in [2.24, 2.45) is 0 Å². The largest absolute Gasteiger partial charge is 0.377 e. The van der Waals surface area contributed by atoms with Crippen molar-refractivity contribution in [2.45, 2.75) is 31.8 Å². The fourth-order valence-electron chi connectivity index (χ4n) is 2.26. The van der Waals surface area contributed by atoms with Gasteiger partial charge in [0.2, 0.25) is 0 Å². The number of nitro groups is 1. The van der Waals surface area contributed by atoms with E-state index in [1.165, 1.54) is 0 Å². The number of piperidine rings is 1. The Morgan fingerprint density at radius 1 is 1.56 bits per heavy atom. The van der Waals surface area contributed by atoms with Gasteiger partial charge in [0.05, 0.1) is 4.92 Å². The van der Waals surface area contributed by atoms with E-state index >= 15 is 0 Å². The van der Waals surface area contributed by atoms with E-state index in [4.69, 9.17) is 0 Å². The predicted molar refractivity (Wildman–Crippen MR) is 79.9 cm³/mol. The first kappa shape index (κ1) is 13.5. The molecule has 0 aromatic heterocycles. The number of rotatable bonds is 3. The van der Waals surface area contributed by atoms with E-state index in [0.29, 0.717) is 17.8 Å². The average Bonchev–Trinajstić information content (AvgIpc) is 2.31. The van der Waals surface area contributed by atoms with Crippen LogP contribution >= 0.6 is 22.6 Å². The third-order valence-corrected chi connectivity index (χ3v) is 3.81. The first-order chi connectivity index (χ1) is 8.56. The summed E-state index contributed by atoms with van der Waals surface area (Å²) in [6.45, 7) is 3.09. The van der Waals surface area contributed by atoms with Gasteiger partial charge >= 0.3 is 0 Å². The van der Waals surface area contributed by atoms with Crippen molar-refractivity contribution < 1.29 is 4.92 Å². The molecule has 2 unspecified atom stereocenters. The lowest BCUT2D eigenvalue weighted by Gasteiger charge is -2.29. The molecule has 1 fully saturated rings. The zero-order valence-corrected chi connectivity index (χ0v) is 12.3. The number of nitrogens with zero attached hydrogens (tertiary/aromatic N) is 1. The van der Waals surface area contributed by atoms with Gasteiger partial charge in [-0.15, -0.1) is 0 Å². The van der Waals surface area contributed by atoms with Crippen molar-refractivity contribution in [3.8, 4) is 0 Å². The molecule has 0 amide bonds. The standard InChI is InChI=1S/C12H16IN3O2/c1-8-6-10(4-5-14-8)15-11-3-2-9(13)7-12(11)16(17)18/h2-3,7-8,10,14-15H,4-6H2,1H3. The maximum Gasteiger partial charge on any atom is 0.293 e. The van der Waals surface area contributed by atoms with Gasteiger partial charge in [-0.05, 0) is 61.0 Å². The van der Waals surface area contributed by atoms with Gasteiger partial charge in [0.15, 0.2) is 0 Å². The molecular weight excluding hydrogens is 345 g/mol. The van der Waals surface area contributed by atoms with Crippen LogP contribution in [0.4, 0.5) is 11.4 Å². The van der Waals surface area contributed by atoms with Crippen LogP contribution in [0.25, 0.3) is 0 Å². The number of benzene rings is 1. The molecule has 1 saturated heterocycles. The molecule has 1 aromatic carbocycles. The van der Waals surface area contributed by atoms with Crippen molar-refractivity contribution >= 4 is 34.0 Å². The maximum atomic E-state index is 11.0. The number of hydrogen-bond donors (Lipinski definition) is 2. The van der Waals surface area contributed by atoms with Gasteiger partial charge in [0.25, 0.3) is 5.69 Å². The van der Waals surface area contributed by atoms with Crippen molar-refractivity contribution in [3.63, 3.8) is 0 Å². The Hall–Kier alpha value is -0.890. The van der Waals surface area contributed by atoms with Crippen molar-refractivity contribution in [1.82, 2.24) is 5.32 Å². The molecule has 98 valence electrons. The minimum atomic E-state index is -0.324. The minimum Gasteiger partial charge on any atom is -0.377 e. The topological polar surface area (TPSA) is 67.2 Å². The Kier molecular flexibility index (Phi) is 4.39. The second-order valence-corrected chi connectivity index (χ2v) is 5.89. The summed E-state index contributed by atoms with van der Waals surface area (Å²) in [5.41, 5.74) is 0.785. The highest BCUT2D eigenvalue weighted by molar-refractivity contribution is 14.1. The van der Waals surface area contributed by atoms with Gasteiger partial charge in [-0.25, -0.2) is 0 Å². The summed E-state index contributed by atoms with van der Waals surface area (Å²) in [4.78, 5) is 10.7. The number of nitro benzene ring substituents is 1. The highest BCUT2D eigenvalue weighted by atomic mass is 127. The summed E-state index contributed by atoms with van der Waals surface area (Å²) in [5.74, 6) is 0. The average molecular weight is 361 g/mol. The lowest BCUT2D eigenvalue weighted by Crippen LogP contribution is -2.41. The highest BCUT2D eigenvalue weighted by Gasteiger charge is 2.21. The van der Waals surface area contributed by atoms with Gasteiger partial charge in [0, 0.05) is 21.7 Å². The van der Waals surface area contributed by atoms with E-state index in [0.717, 1.165) is 23.0 Å². The Morgan fingerprint density at radius 3 is 3.00 bits per heavy atom. The van der Waals surface area contributed by atoms with Gasteiger partial charge < -0.3 is 10.6 Å². The van der Waals surface area contributed by atoms with Gasteiger partial charge in [-0.2, -0.15) is 0 Å². The smallest absolute Gasteiger partial charge is 0.293 e. The van der Waals surface area contributed by atoms with Crippen LogP contribution in [0.1, 0.15) is 19.8 Å². The van der Waals surface area contributed by atoms with E-state index in [1.807, 2.05) is 6.07 Å². The van der Waals surface area contributed by atoms with E-state index in [9.17, 15) is 10.1 Å². The number of halogens is 1. The summed E-state index contributed by atoms with van der Waals surface area (Å²) in [6, 6.07) is 6.06. The van der Waals surface area contributed by atoms with Crippen LogP contribution in [0, 0.1) is 13.7 Å². The molecule has 0 bridgehead atoms. The SMILES string of the molecule is CC1CC(Nc2ccc(I)cc2[N+](=O)[O-])CCN1. The molecule has 1 heterocycles. The van der Waals surface area contributed by atoms with Crippen molar-refractivity contribution in [2.75, 3.05) is 11.9 Å². The lowest BCUT2D eigenvalue weighted by atomic mass is 10.0. The van der Waals surface area contributed by atoms with E-state index in [-0.39, 0.29) is 10.6 Å². The molecule has 1 aromatic rings. The van der Waals surface area contributed by atoms with Crippen LogP contribution in [0.3, 0.4) is 0 Å². The fraction of sp³-hybridized carbons (Fsp3) is 0.500.